The van der Waals surface area contributed by atoms with Gasteiger partial charge in [0, 0.05) is 19.3 Å². The van der Waals surface area contributed by atoms with Gasteiger partial charge in [0.25, 0.3) is 15.9 Å². The second kappa shape index (κ2) is 8.72. The van der Waals surface area contributed by atoms with Gasteiger partial charge in [0.2, 0.25) is 0 Å². The van der Waals surface area contributed by atoms with Crippen molar-refractivity contribution in [1.82, 2.24) is 0 Å². The lowest BCUT2D eigenvalue weighted by molar-refractivity contribution is -0.120. The Balaban J connectivity index is 1.42. The van der Waals surface area contributed by atoms with Gasteiger partial charge < -0.3 is 9.64 Å². The van der Waals surface area contributed by atoms with E-state index in [1.54, 1.807) is 41.8 Å². The van der Waals surface area contributed by atoms with Crippen molar-refractivity contribution in [3.05, 3.63) is 71.1 Å². The zero-order chi connectivity index (χ0) is 22.0. The van der Waals surface area contributed by atoms with Gasteiger partial charge in [0.05, 0.1) is 5.69 Å². The number of carbonyl (C=O) groups is 1. The summed E-state index contributed by atoms with van der Waals surface area (Å²) < 4.78 is 32.5. The first-order valence-electron chi connectivity index (χ1n) is 10.0. The Morgan fingerprint density at radius 1 is 1.13 bits per heavy atom. The van der Waals surface area contributed by atoms with Crippen LogP contribution in [0.2, 0.25) is 0 Å². The molecule has 0 atom stereocenters. The molecule has 6 nitrogen and oxygen atoms in total. The van der Waals surface area contributed by atoms with E-state index in [4.69, 9.17) is 4.74 Å². The third-order valence-corrected chi connectivity index (χ3v) is 8.55. The summed E-state index contributed by atoms with van der Waals surface area (Å²) in [5.41, 5.74) is 3.80. The number of hydrogen-bond donors (Lipinski definition) is 0. The Morgan fingerprint density at radius 3 is 2.61 bits per heavy atom. The highest BCUT2D eigenvalue weighted by Gasteiger charge is 2.25. The predicted octanol–water partition coefficient (Wildman–Crippen LogP) is 4.24. The Bertz CT molecular complexity index is 1170. The molecular weight excluding hydrogens is 432 g/mol. The molecule has 0 saturated heterocycles. The van der Waals surface area contributed by atoms with E-state index in [2.05, 4.69) is 6.07 Å². The smallest absolute Gasteiger partial charge is 0.273 e. The molecule has 2 aromatic carbocycles. The lowest BCUT2D eigenvalue weighted by atomic mass is 9.98. The number of carbonyl (C=O) groups excluding carboxylic acids is 1. The second-order valence-corrected chi connectivity index (χ2v) is 10.6. The van der Waals surface area contributed by atoms with E-state index in [0.717, 1.165) is 24.1 Å². The van der Waals surface area contributed by atoms with E-state index in [1.165, 1.54) is 28.3 Å². The average molecular weight is 457 g/mol. The van der Waals surface area contributed by atoms with Crippen molar-refractivity contribution in [3.63, 3.8) is 0 Å². The van der Waals surface area contributed by atoms with Gasteiger partial charge in [0.1, 0.15) is 9.96 Å². The summed E-state index contributed by atoms with van der Waals surface area (Å²) in [6.45, 7) is 2.63. The van der Waals surface area contributed by atoms with Crippen LogP contribution in [0.4, 0.5) is 11.4 Å². The molecule has 31 heavy (non-hydrogen) atoms. The van der Waals surface area contributed by atoms with Gasteiger partial charge in [-0.05, 0) is 66.6 Å². The Hall–Kier alpha value is -2.84. The molecule has 1 aliphatic heterocycles. The number of fused-ring (bicyclic) bond motifs is 1. The first kappa shape index (κ1) is 21.4. The number of rotatable bonds is 6. The van der Waals surface area contributed by atoms with Crippen molar-refractivity contribution < 1.29 is 17.9 Å². The summed E-state index contributed by atoms with van der Waals surface area (Å²) in [6, 6.07) is 16.1. The third-order valence-electron chi connectivity index (χ3n) is 5.39. The Morgan fingerprint density at radius 2 is 1.90 bits per heavy atom. The Kier molecular flexibility index (Phi) is 6.02. The van der Waals surface area contributed by atoms with E-state index >= 15 is 0 Å². The fourth-order valence-corrected chi connectivity index (χ4v) is 6.11. The maximum Gasteiger partial charge on any atom is 0.273 e. The van der Waals surface area contributed by atoms with Gasteiger partial charge >= 0.3 is 0 Å². The molecule has 3 aromatic rings. The van der Waals surface area contributed by atoms with E-state index in [-0.39, 0.29) is 16.7 Å². The van der Waals surface area contributed by atoms with Crippen LogP contribution >= 0.6 is 11.3 Å². The molecule has 1 amide bonds. The summed E-state index contributed by atoms with van der Waals surface area (Å²) in [4.78, 5) is 14.6. The monoisotopic (exact) mass is 456 g/mol. The van der Waals surface area contributed by atoms with Crippen LogP contribution in [-0.4, -0.2) is 34.5 Å². The number of thiophene rings is 1. The highest BCUT2D eigenvalue weighted by Crippen LogP contribution is 2.31. The zero-order valence-corrected chi connectivity index (χ0v) is 19.1. The molecule has 0 N–H and O–H groups in total. The quantitative estimate of drug-likeness (QED) is 0.556. The number of amides is 1. The molecule has 162 valence electrons. The highest BCUT2D eigenvalue weighted by atomic mass is 32.2. The first-order valence-corrected chi connectivity index (χ1v) is 12.3. The van der Waals surface area contributed by atoms with Gasteiger partial charge in [-0.1, -0.05) is 24.3 Å². The van der Waals surface area contributed by atoms with Crippen LogP contribution in [0.1, 0.15) is 17.5 Å². The van der Waals surface area contributed by atoms with Crippen LogP contribution in [-0.2, 0) is 21.2 Å². The number of anilines is 2. The number of aryl methyl sites for hydroxylation is 2. The van der Waals surface area contributed by atoms with Crippen LogP contribution in [0, 0.1) is 6.92 Å². The van der Waals surface area contributed by atoms with Gasteiger partial charge in [0.15, 0.2) is 6.61 Å². The maximum absolute atomic E-state index is 12.8. The second-order valence-electron chi connectivity index (χ2n) is 7.42. The van der Waals surface area contributed by atoms with E-state index in [1.807, 2.05) is 24.0 Å². The van der Waals surface area contributed by atoms with Gasteiger partial charge in [-0.25, -0.2) is 8.42 Å². The topological polar surface area (TPSA) is 66.9 Å². The maximum atomic E-state index is 12.8. The van der Waals surface area contributed by atoms with Crippen LogP contribution in [0.3, 0.4) is 0 Å². The normalized spacial score (nSPS) is 13.5. The molecule has 1 aromatic heterocycles. The molecule has 0 aliphatic carbocycles. The fourth-order valence-electron chi connectivity index (χ4n) is 3.76. The number of nitrogens with zero attached hydrogens (tertiary/aromatic N) is 2. The summed E-state index contributed by atoms with van der Waals surface area (Å²) in [6.07, 6.45) is 1.91. The average Bonchev–Trinajstić information content (AvgIpc) is 3.33. The highest BCUT2D eigenvalue weighted by molar-refractivity contribution is 7.94. The van der Waals surface area contributed by atoms with Crippen molar-refractivity contribution in [2.75, 3.05) is 29.4 Å². The van der Waals surface area contributed by atoms with E-state index < -0.39 is 10.0 Å². The number of sulfonamides is 1. The molecule has 0 saturated carbocycles. The Labute approximate surface area is 186 Å². The summed E-state index contributed by atoms with van der Waals surface area (Å²) in [5, 5.41) is 1.73. The number of ether oxygens (including phenoxy) is 1. The van der Waals surface area contributed by atoms with Crippen molar-refractivity contribution in [2.45, 2.75) is 24.0 Å². The molecule has 8 heteroatoms. The van der Waals surface area contributed by atoms with E-state index in [0.29, 0.717) is 18.0 Å². The number of hydrogen-bond acceptors (Lipinski definition) is 5. The number of benzene rings is 2. The van der Waals surface area contributed by atoms with Crippen LogP contribution < -0.4 is 13.9 Å². The zero-order valence-electron chi connectivity index (χ0n) is 17.4. The van der Waals surface area contributed by atoms with Crippen molar-refractivity contribution in [1.29, 1.82) is 0 Å². The van der Waals surface area contributed by atoms with Gasteiger partial charge in [-0.15, -0.1) is 11.3 Å². The van der Waals surface area contributed by atoms with Gasteiger partial charge in [-0.3, -0.25) is 9.10 Å². The molecule has 4 rings (SSSR count). The lowest BCUT2D eigenvalue weighted by Crippen LogP contribution is -2.39. The lowest BCUT2D eigenvalue weighted by Gasteiger charge is -2.31. The first-order chi connectivity index (χ1) is 14.9. The minimum atomic E-state index is -3.58. The van der Waals surface area contributed by atoms with Crippen LogP contribution in [0.5, 0.6) is 5.75 Å². The summed E-state index contributed by atoms with van der Waals surface area (Å²) in [5.74, 6) is 0.428. The van der Waals surface area contributed by atoms with Crippen LogP contribution in [0.15, 0.2) is 64.2 Å². The standard InChI is InChI=1S/C23H24N2O4S2/c1-17-6-3-7-18-8-4-14-25(23(17)18)21(26)16-29-20-12-10-19(11-13-20)24(2)31(27,28)22-9-5-15-30-22/h3,5-7,9-13,15H,4,8,14,16H2,1-2H3. The number of para-hydroxylation sites is 1. The van der Waals surface area contributed by atoms with Crippen molar-refractivity contribution in [3.8, 4) is 5.75 Å². The molecule has 0 spiro atoms. The van der Waals surface area contributed by atoms with Crippen LogP contribution in [0.25, 0.3) is 0 Å². The minimum absolute atomic E-state index is 0.0730. The van der Waals surface area contributed by atoms with E-state index in [9.17, 15) is 13.2 Å². The molecule has 1 aliphatic rings. The summed E-state index contributed by atoms with van der Waals surface area (Å²) in [7, 11) is -2.07. The fraction of sp³-hybridized carbons (Fsp3) is 0.261. The molecule has 0 bridgehead atoms. The summed E-state index contributed by atoms with van der Waals surface area (Å²) >= 11 is 1.18. The molecule has 0 unspecified atom stereocenters. The molecular formula is C23H24N2O4S2. The SMILES string of the molecule is Cc1cccc2c1N(C(=O)COc1ccc(N(C)S(=O)(=O)c3cccs3)cc1)CCC2. The van der Waals surface area contributed by atoms with Crippen molar-refractivity contribution >= 4 is 38.6 Å². The largest absolute Gasteiger partial charge is 0.484 e. The molecule has 2 heterocycles. The van der Waals surface area contributed by atoms with Crippen molar-refractivity contribution in [2.24, 2.45) is 0 Å². The van der Waals surface area contributed by atoms with Gasteiger partial charge in [-0.2, -0.15) is 0 Å². The minimum Gasteiger partial charge on any atom is -0.484 e. The predicted molar refractivity (Wildman–Crippen MR) is 124 cm³/mol. The molecule has 0 radical (unpaired) electrons. The third kappa shape index (κ3) is 4.31. The molecule has 0 fully saturated rings.